The van der Waals surface area contributed by atoms with Gasteiger partial charge in [-0.05, 0) is 44.5 Å². The molecule has 0 bridgehead atoms. The lowest BCUT2D eigenvalue weighted by Crippen LogP contribution is -2.26. The molecule has 6 heteroatoms. The normalized spacial score (nSPS) is 12.0. The minimum atomic E-state index is -0.0744. The van der Waals surface area contributed by atoms with Crippen molar-refractivity contribution in [2.75, 3.05) is 6.54 Å². The van der Waals surface area contributed by atoms with Crippen molar-refractivity contribution < 1.29 is 4.79 Å². The zero-order valence-electron chi connectivity index (χ0n) is 14.8. The van der Waals surface area contributed by atoms with Crippen LogP contribution in [0.2, 0.25) is 5.02 Å². The van der Waals surface area contributed by atoms with Crippen molar-refractivity contribution in [3.63, 3.8) is 0 Å². The summed E-state index contributed by atoms with van der Waals surface area (Å²) >= 11 is 6.02. The molecule has 1 aromatic carbocycles. The Morgan fingerprint density at radius 3 is 2.65 bits per heavy atom. The Bertz CT molecular complexity index is 875. The van der Waals surface area contributed by atoms with Crippen LogP contribution < -0.4 is 5.32 Å². The third-order valence-electron chi connectivity index (χ3n) is 4.35. The number of benzene rings is 1. The standard InChI is InChI=1S/C20H21ClN4O/c1-14(25-12-11-22-13-25)9-10-23-20(26)17-5-3-16(4-6-17)19-8-7-18(21)15(2)24-19/h3-8,11-14H,9-10H2,1-2H3,(H,23,26)/t14-/m0/s1. The Morgan fingerprint density at radius 2 is 2.00 bits per heavy atom. The van der Waals surface area contributed by atoms with E-state index in [1.165, 1.54) is 0 Å². The molecule has 0 saturated heterocycles. The lowest BCUT2D eigenvalue weighted by molar-refractivity contribution is 0.0952. The topological polar surface area (TPSA) is 59.8 Å². The molecule has 2 heterocycles. The number of aromatic nitrogens is 3. The van der Waals surface area contributed by atoms with Crippen molar-refractivity contribution >= 4 is 17.5 Å². The van der Waals surface area contributed by atoms with Crippen LogP contribution in [0, 0.1) is 6.92 Å². The maximum atomic E-state index is 12.3. The van der Waals surface area contributed by atoms with E-state index >= 15 is 0 Å². The highest BCUT2D eigenvalue weighted by Crippen LogP contribution is 2.21. The van der Waals surface area contributed by atoms with Gasteiger partial charge in [-0.2, -0.15) is 0 Å². The number of halogens is 1. The van der Waals surface area contributed by atoms with E-state index in [-0.39, 0.29) is 5.91 Å². The number of nitrogens with zero attached hydrogens (tertiary/aromatic N) is 3. The van der Waals surface area contributed by atoms with Gasteiger partial charge in [0.1, 0.15) is 0 Å². The summed E-state index contributed by atoms with van der Waals surface area (Å²) in [5.74, 6) is -0.0744. The molecule has 0 aliphatic rings. The summed E-state index contributed by atoms with van der Waals surface area (Å²) in [4.78, 5) is 20.8. The minimum Gasteiger partial charge on any atom is -0.352 e. The molecule has 0 spiro atoms. The van der Waals surface area contributed by atoms with Gasteiger partial charge in [-0.25, -0.2) is 4.98 Å². The number of rotatable bonds is 6. The molecule has 134 valence electrons. The molecule has 1 atom stereocenters. The zero-order valence-corrected chi connectivity index (χ0v) is 15.6. The molecular formula is C20H21ClN4O. The van der Waals surface area contributed by atoms with Crippen LogP contribution in [-0.2, 0) is 0 Å². The number of hydrogen-bond acceptors (Lipinski definition) is 3. The molecule has 0 aliphatic carbocycles. The Hall–Kier alpha value is -2.66. The highest BCUT2D eigenvalue weighted by molar-refractivity contribution is 6.31. The number of carbonyl (C=O) groups is 1. The molecule has 2 aromatic heterocycles. The molecule has 26 heavy (non-hydrogen) atoms. The van der Waals surface area contributed by atoms with Crippen molar-refractivity contribution in [1.29, 1.82) is 0 Å². The second-order valence-electron chi connectivity index (χ2n) is 6.24. The van der Waals surface area contributed by atoms with Crippen LogP contribution in [0.15, 0.2) is 55.1 Å². The molecule has 0 saturated carbocycles. The van der Waals surface area contributed by atoms with Crippen LogP contribution in [0.3, 0.4) is 0 Å². The van der Waals surface area contributed by atoms with E-state index in [1.807, 2.05) is 54.1 Å². The van der Waals surface area contributed by atoms with E-state index in [0.29, 0.717) is 23.2 Å². The fourth-order valence-electron chi connectivity index (χ4n) is 2.67. The van der Waals surface area contributed by atoms with Crippen molar-refractivity contribution in [2.24, 2.45) is 0 Å². The predicted molar refractivity (Wildman–Crippen MR) is 103 cm³/mol. The summed E-state index contributed by atoms with van der Waals surface area (Å²) < 4.78 is 2.03. The van der Waals surface area contributed by atoms with Gasteiger partial charge in [0.05, 0.1) is 22.7 Å². The molecule has 1 amide bonds. The molecule has 3 aromatic rings. The molecule has 0 aliphatic heterocycles. The lowest BCUT2D eigenvalue weighted by Gasteiger charge is -2.13. The van der Waals surface area contributed by atoms with Gasteiger partial charge in [-0.15, -0.1) is 0 Å². The maximum absolute atomic E-state index is 12.3. The van der Waals surface area contributed by atoms with Crippen LogP contribution in [0.4, 0.5) is 0 Å². The highest BCUT2D eigenvalue weighted by Gasteiger charge is 2.09. The number of imidazole rings is 1. The third-order valence-corrected chi connectivity index (χ3v) is 4.75. The van der Waals surface area contributed by atoms with Crippen molar-refractivity contribution in [3.8, 4) is 11.3 Å². The van der Waals surface area contributed by atoms with Crippen LogP contribution in [-0.4, -0.2) is 27.0 Å². The first-order valence-corrected chi connectivity index (χ1v) is 8.91. The van der Waals surface area contributed by atoms with Crippen LogP contribution in [0.5, 0.6) is 0 Å². The first kappa shape index (κ1) is 18.1. The number of nitrogens with one attached hydrogen (secondary N) is 1. The van der Waals surface area contributed by atoms with Crippen molar-refractivity contribution in [2.45, 2.75) is 26.3 Å². The average Bonchev–Trinajstić information content (AvgIpc) is 3.19. The monoisotopic (exact) mass is 368 g/mol. The Kier molecular flexibility index (Phi) is 5.68. The maximum Gasteiger partial charge on any atom is 0.251 e. The van der Waals surface area contributed by atoms with Gasteiger partial charge in [-0.1, -0.05) is 23.7 Å². The van der Waals surface area contributed by atoms with Crippen LogP contribution in [0.25, 0.3) is 11.3 Å². The van der Waals surface area contributed by atoms with Gasteiger partial charge in [-0.3, -0.25) is 9.78 Å². The minimum absolute atomic E-state index is 0.0744. The average molecular weight is 369 g/mol. The summed E-state index contributed by atoms with van der Waals surface area (Å²) in [6.45, 7) is 4.58. The fourth-order valence-corrected chi connectivity index (χ4v) is 2.78. The lowest BCUT2D eigenvalue weighted by atomic mass is 10.1. The molecule has 0 unspecified atom stereocenters. The first-order valence-electron chi connectivity index (χ1n) is 8.54. The summed E-state index contributed by atoms with van der Waals surface area (Å²) in [7, 11) is 0. The van der Waals surface area contributed by atoms with E-state index in [4.69, 9.17) is 11.6 Å². The molecular weight excluding hydrogens is 348 g/mol. The Labute approximate surface area is 158 Å². The van der Waals surface area contributed by atoms with E-state index in [1.54, 1.807) is 12.5 Å². The number of pyridine rings is 1. The van der Waals surface area contributed by atoms with Gasteiger partial charge >= 0.3 is 0 Å². The van der Waals surface area contributed by atoms with Crippen LogP contribution >= 0.6 is 11.6 Å². The van der Waals surface area contributed by atoms with Gasteiger partial charge in [0.25, 0.3) is 5.91 Å². The zero-order chi connectivity index (χ0) is 18.5. The summed E-state index contributed by atoms with van der Waals surface area (Å²) in [5, 5.41) is 3.61. The third kappa shape index (κ3) is 4.29. The van der Waals surface area contributed by atoms with E-state index < -0.39 is 0 Å². The molecule has 1 N–H and O–H groups in total. The Morgan fingerprint density at radius 1 is 1.23 bits per heavy atom. The predicted octanol–water partition coefficient (Wildman–Crippen LogP) is 4.29. The second-order valence-corrected chi connectivity index (χ2v) is 6.65. The smallest absolute Gasteiger partial charge is 0.251 e. The summed E-state index contributed by atoms with van der Waals surface area (Å²) in [5.41, 5.74) is 3.22. The first-order chi connectivity index (χ1) is 12.5. The van der Waals surface area contributed by atoms with Gasteiger partial charge in [0.2, 0.25) is 0 Å². The van der Waals surface area contributed by atoms with Gasteiger partial charge < -0.3 is 9.88 Å². The van der Waals surface area contributed by atoms with E-state index in [9.17, 15) is 4.79 Å². The molecule has 0 radical (unpaired) electrons. The molecule has 5 nitrogen and oxygen atoms in total. The quantitative estimate of drug-likeness (QED) is 0.706. The molecule has 3 rings (SSSR count). The second kappa shape index (κ2) is 8.15. The number of amides is 1. The number of hydrogen-bond donors (Lipinski definition) is 1. The summed E-state index contributed by atoms with van der Waals surface area (Å²) in [6.07, 6.45) is 6.32. The largest absolute Gasteiger partial charge is 0.352 e. The van der Waals surface area contributed by atoms with E-state index in [2.05, 4.69) is 22.2 Å². The van der Waals surface area contributed by atoms with Crippen molar-refractivity contribution in [3.05, 3.63) is 71.4 Å². The Balaban J connectivity index is 1.57. The number of aryl methyl sites for hydroxylation is 1. The SMILES string of the molecule is Cc1nc(-c2ccc(C(=O)NCC[C@H](C)n3ccnc3)cc2)ccc1Cl. The molecule has 0 fully saturated rings. The fraction of sp³-hybridized carbons (Fsp3) is 0.250. The summed E-state index contributed by atoms with van der Waals surface area (Å²) in [6, 6.07) is 11.4. The van der Waals surface area contributed by atoms with Gasteiger partial charge in [0, 0.05) is 36.1 Å². The van der Waals surface area contributed by atoms with E-state index in [0.717, 1.165) is 23.4 Å². The highest BCUT2D eigenvalue weighted by atomic mass is 35.5. The van der Waals surface area contributed by atoms with Crippen molar-refractivity contribution in [1.82, 2.24) is 19.9 Å². The van der Waals surface area contributed by atoms with Gasteiger partial charge in [0.15, 0.2) is 0 Å². The number of carbonyl (C=O) groups excluding carboxylic acids is 1. The van der Waals surface area contributed by atoms with Crippen LogP contribution in [0.1, 0.15) is 35.4 Å².